The maximum Gasteiger partial charge on any atom is 0.332 e. The maximum atomic E-state index is 12.3. The van der Waals surface area contributed by atoms with Gasteiger partial charge in [0.05, 0.1) is 6.33 Å². The van der Waals surface area contributed by atoms with Gasteiger partial charge in [-0.15, -0.1) is 0 Å². The molecule has 19 heavy (non-hydrogen) atoms. The van der Waals surface area contributed by atoms with Crippen LogP contribution < -0.4 is 11.2 Å². The number of imidazole rings is 1. The number of aromatic nitrogens is 4. The predicted molar refractivity (Wildman–Crippen MR) is 74.4 cm³/mol. The van der Waals surface area contributed by atoms with Gasteiger partial charge in [-0.25, -0.2) is 9.78 Å². The molecule has 2 aromatic heterocycles. The second kappa shape index (κ2) is 4.36. The SMILES string of the molecule is CCCC(C)(C)n1cnc2c1c(=O)n(C)c(=O)n2C. The molecule has 0 N–H and O–H groups in total. The molecule has 104 valence electrons. The average molecular weight is 264 g/mol. The molecule has 2 rings (SSSR count). The van der Waals surface area contributed by atoms with Crippen LogP contribution in [0.5, 0.6) is 0 Å². The highest BCUT2D eigenvalue weighted by atomic mass is 16.2. The summed E-state index contributed by atoms with van der Waals surface area (Å²) in [5.41, 5.74) is 0.0868. The molecule has 6 heteroatoms. The Morgan fingerprint density at radius 2 is 1.84 bits per heavy atom. The van der Waals surface area contributed by atoms with E-state index in [-0.39, 0.29) is 16.8 Å². The van der Waals surface area contributed by atoms with Crippen molar-refractivity contribution >= 4 is 11.2 Å². The van der Waals surface area contributed by atoms with E-state index in [0.717, 1.165) is 17.4 Å². The van der Waals surface area contributed by atoms with Crippen molar-refractivity contribution in [2.45, 2.75) is 39.2 Å². The molecule has 0 aliphatic rings. The van der Waals surface area contributed by atoms with E-state index in [2.05, 4.69) is 25.8 Å². The molecular weight excluding hydrogens is 244 g/mol. The third-order valence-corrected chi connectivity index (χ3v) is 3.66. The van der Waals surface area contributed by atoms with Gasteiger partial charge in [0, 0.05) is 19.6 Å². The fourth-order valence-electron chi connectivity index (χ4n) is 2.54. The molecule has 0 aliphatic heterocycles. The molecule has 2 heterocycles. The Morgan fingerprint density at radius 3 is 2.42 bits per heavy atom. The topological polar surface area (TPSA) is 61.8 Å². The molecule has 2 aromatic rings. The minimum Gasteiger partial charge on any atom is -0.319 e. The van der Waals surface area contributed by atoms with Crippen molar-refractivity contribution in [3.63, 3.8) is 0 Å². The van der Waals surface area contributed by atoms with Crippen LogP contribution in [0.1, 0.15) is 33.6 Å². The van der Waals surface area contributed by atoms with E-state index in [9.17, 15) is 9.59 Å². The van der Waals surface area contributed by atoms with Gasteiger partial charge in [0.1, 0.15) is 0 Å². The minimum absolute atomic E-state index is 0.201. The van der Waals surface area contributed by atoms with Crippen LogP contribution in [0.15, 0.2) is 15.9 Å². The number of fused-ring (bicyclic) bond motifs is 1. The van der Waals surface area contributed by atoms with E-state index in [1.807, 2.05) is 4.57 Å². The maximum absolute atomic E-state index is 12.3. The van der Waals surface area contributed by atoms with Crippen LogP contribution in [-0.4, -0.2) is 18.7 Å². The van der Waals surface area contributed by atoms with E-state index in [1.165, 1.54) is 11.6 Å². The van der Waals surface area contributed by atoms with Gasteiger partial charge >= 0.3 is 5.69 Å². The molecule has 0 atom stereocenters. The Kier molecular flexibility index (Phi) is 3.12. The Hall–Kier alpha value is -1.85. The lowest BCUT2D eigenvalue weighted by Gasteiger charge is -2.26. The summed E-state index contributed by atoms with van der Waals surface area (Å²) in [6, 6.07) is 0. The molecule has 0 unspecified atom stereocenters. The van der Waals surface area contributed by atoms with Crippen molar-refractivity contribution < 1.29 is 0 Å². The van der Waals surface area contributed by atoms with Gasteiger partial charge in [-0.3, -0.25) is 13.9 Å². The minimum atomic E-state index is -0.351. The van der Waals surface area contributed by atoms with Crippen molar-refractivity contribution in [1.82, 2.24) is 18.7 Å². The first-order chi connectivity index (χ1) is 8.81. The molecule has 0 saturated heterocycles. The van der Waals surface area contributed by atoms with Crippen molar-refractivity contribution in [3.05, 3.63) is 27.2 Å². The molecule has 0 aliphatic carbocycles. The van der Waals surface area contributed by atoms with Gasteiger partial charge in [-0.2, -0.15) is 0 Å². The zero-order valence-electron chi connectivity index (χ0n) is 12.1. The molecule has 0 saturated carbocycles. The Labute approximate surface area is 111 Å². The highest BCUT2D eigenvalue weighted by Crippen LogP contribution is 2.24. The monoisotopic (exact) mass is 264 g/mol. The quantitative estimate of drug-likeness (QED) is 0.830. The molecule has 6 nitrogen and oxygen atoms in total. The largest absolute Gasteiger partial charge is 0.332 e. The molecule has 0 radical (unpaired) electrons. The summed E-state index contributed by atoms with van der Waals surface area (Å²) in [5.74, 6) is 0. The zero-order chi connectivity index (χ0) is 14.4. The smallest absolute Gasteiger partial charge is 0.319 e. The molecule has 0 amide bonds. The van der Waals surface area contributed by atoms with Crippen molar-refractivity contribution in [1.29, 1.82) is 0 Å². The summed E-state index contributed by atoms with van der Waals surface area (Å²) in [6.07, 6.45) is 3.60. The number of nitrogens with zero attached hydrogens (tertiary/aromatic N) is 4. The first-order valence-electron chi connectivity index (χ1n) is 6.44. The predicted octanol–water partition coefficient (Wildman–Crippen LogP) is 0.969. The molecule has 0 bridgehead atoms. The van der Waals surface area contributed by atoms with Crippen LogP contribution in [0.4, 0.5) is 0 Å². The van der Waals surface area contributed by atoms with E-state index < -0.39 is 0 Å². The lowest BCUT2D eigenvalue weighted by atomic mass is 9.98. The van der Waals surface area contributed by atoms with Crippen LogP contribution in [0.25, 0.3) is 11.2 Å². The van der Waals surface area contributed by atoms with E-state index in [0.29, 0.717) is 11.2 Å². The fraction of sp³-hybridized carbons (Fsp3) is 0.615. The Bertz CT molecular complexity index is 733. The summed E-state index contributed by atoms with van der Waals surface area (Å²) >= 11 is 0. The lowest BCUT2D eigenvalue weighted by molar-refractivity contribution is 0.332. The fourth-order valence-corrected chi connectivity index (χ4v) is 2.54. The van der Waals surface area contributed by atoms with Crippen molar-refractivity contribution in [2.24, 2.45) is 14.1 Å². The van der Waals surface area contributed by atoms with Crippen LogP contribution in [0.3, 0.4) is 0 Å². The van der Waals surface area contributed by atoms with Crippen LogP contribution in [0, 0.1) is 0 Å². The second-order valence-corrected chi connectivity index (χ2v) is 5.55. The van der Waals surface area contributed by atoms with E-state index in [1.54, 1.807) is 13.4 Å². The Balaban J connectivity index is 2.88. The molecule has 0 fully saturated rings. The normalized spacial score (nSPS) is 12.3. The summed E-state index contributed by atoms with van der Waals surface area (Å²) in [6.45, 7) is 6.25. The van der Waals surface area contributed by atoms with Crippen LogP contribution >= 0.6 is 0 Å². The standard InChI is InChI=1S/C13H20N4O2/c1-6-7-13(2,3)17-8-14-10-9(17)11(18)16(5)12(19)15(10)4/h8H,6-7H2,1-5H3. The van der Waals surface area contributed by atoms with Gasteiger partial charge in [0.15, 0.2) is 11.2 Å². The molecule has 0 aromatic carbocycles. The third kappa shape index (κ3) is 1.91. The summed E-state index contributed by atoms with van der Waals surface area (Å²) in [5, 5.41) is 0. The van der Waals surface area contributed by atoms with E-state index in [4.69, 9.17) is 0 Å². The number of aryl methyl sites for hydroxylation is 1. The molecule has 0 spiro atoms. The zero-order valence-corrected chi connectivity index (χ0v) is 12.1. The van der Waals surface area contributed by atoms with Gasteiger partial charge < -0.3 is 4.57 Å². The summed E-state index contributed by atoms with van der Waals surface area (Å²) in [7, 11) is 3.13. The summed E-state index contributed by atoms with van der Waals surface area (Å²) < 4.78 is 4.42. The second-order valence-electron chi connectivity index (χ2n) is 5.55. The molecular formula is C13H20N4O2. The lowest BCUT2D eigenvalue weighted by Crippen LogP contribution is -2.39. The van der Waals surface area contributed by atoms with Crippen LogP contribution in [-0.2, 0) is 19.6 Å². The summed E-state index contributed by atoms with van der Waals surface area (Å²) in [4.78, 5) is 28.4. The highest BCUT2D eigenvalue weighted by molar-refractivity contribution is 5.70. The van der Waals surface area contributed by atoms with E-state index >= 15 is 0 Å². The van der Waals surface area contributed by atoms with Gasteiger partial charge in [-0.05, 0) is 20.3 Å². The third-order valence-electron chi connectivity index (χ3n) is 3.66. The first-order valence-corrected chi connectivity index (χ1v) is 6.44. The Morgan fingerprint density at radius 1 is 1.21 bits per heavy atom. The van der Waals surface area contributed by atoms with Crippen LogP contribution in [0.2, 0.25) is 0 Å². The highest BCUT2D eigenvalue weighted by Gasteiger charge is 2.24. The number of hydrogen-bond acceptors (Lipinski definition) is 3. The van der Waals surface area contributed by atoms with Gasteiger partial charge in [-0.1, -0.05) is 13.3 Å². The van der Waals surface area contributed by atoms with Gasteiger partial charge in [0.2, 0.25) is 0 Å². The number of hydrogen-bond donors (Lipinski definition) is 0. The average Bonchev–Trinajstić information content (AvgIpc) is 2.79. The van der Waals surface area contributed by atoms with Crippen molar-refractivity contribution in [2.75, 3.05) is 0 Å². The first kappa shape index (κ1) is 13.6. The number of rotatable bonds is 3. The van der Waals surface area contributed by atoms with Gasteiger partial charge in [0.25, 0.3) is 5.56 Å². The van der Waals surface area contributed by atoms with Crippen molar-refractivity contribution in [3.8, 4) is 0 Å².